The van der Waals surface area contributed by atoms with Crippen molar-refractivity contribution >= 4 is 28.4 Å². The fourth-order valence-corrected chi connectivity index (χ4v) is 2.59. The van der Waals surface area contributed by atoms with Crippen LogP contribution in [0.5, 0.6) is 5.75 Å². The molecule has 1 aromatic carbocycles. The molecule has 1 aliphatic carbocycles. The molecule has 0 saturated heterocycles. The van der Waals surface area contributed by atoms with Crippen molar-refractivity contribution in [2.45, 2.75) is 12.8 Å². The molecule has 0 saturated carbocycles. The highest BCUT2D eigenvalue weighted by Gasteiger charge is 2.22. The highest BCUT2D eigenvalue weighted by molar-refractivity contribution is 14.1. The first-order valence-corrected chi connectivity index (χ1v) is 5.20. The van der Waals surface area contributed by atoms with E-state index in [1.807, 2.05) is 12.1 Å². The lowest BCUT2D eigenvalue weighted by Crippen LogP contribution is -1.96. The summed E-state index contributed by atoms with van der Waals surface area (Å²) in [5.41, 5.74) is 2.04. The van der Waals surface area contributed by atoms with Crippen LogP contribution in [0.25, 0.3) is 0 Å². The summed E-state index contributed by atoms with van der Waals surface area (Å²) < 4.78 is 6.15. The van der Waals surface area contributed by atoms with E-state index in [0.717, 1.165) is 26.9 Å². The lowest BCUT2D eigenvalue weighted by atomic mass is 10.1. The summed E-state index contributed by atoms with van der Waals surface area (Å²) in [7, 11) is 1.65. The molecule has 0 fully saturated rings. The largest absolute Gasteiger partial charge is 0.497 e. The van der Waals surface area contributed by atoms with Crippen molar-refractivity contribution in [1.29, 1.82) is 0 Å². The van der Waals surface area contributed by atoms with Crippen LogP contribution in [0.3, 0.4) is 0 Å². The fraction of sp³-hybridized carbons (Fsp3) is 0.300. The third kappa shape index (κ3) is 1.45. The molecule has 0 heterocycles. The second-order valence-corrected chi connectivity index (χ2v) is 4.23. The van der Waals surface area contributed by atoms with Gasteiger partial charge in [0.05, 0.1) is 7.11 Å². The Labute approximate surface area is 90.4 Å². The molecular formula is C10H9IO2. The average molecular weight is 288 g/mol. The van der Waals surface area contributed by atoms with E-state index < -0.39 is 0 Å². The molecule has 68 valence electrons. The van der Waals surface area contributed by atoms with Crippen molar-refractivity contribution in [3.63, 3.8) is 0 Å². The first-order chi connectivity index (χ1) is 6.22. The Morgan fingerprint density at radius 1 is 1.38 bits per heavy atom. The molecule has 0 aliphatic heterocycles. The summed E-state index contributed by atoms with van der Waals surface area (Å²) in [6, 6.07) is 3.87. The van der Waals surface area contributed by atoms with Gasteiger partial charge in [-0.2, -0.15) is 0 Å². The zero-order chi connectivity index (χ0) is 9.42. The smallest absolute Gasteiger partial charge is 0.164 e. The van der Waals surface area contributed by atoms with Gasteiger partial charge in [0.25, 0.3) is 0 Å². The third-order valence-electron chi connectivity index (χ3n) is 2.28. The Kier molecular flexibility index (Phi) is 2.27. The van der Waals surface area contributed by atoms with Crippen molar-refractivity contribution in [2.24, 2.45) is 0 Å². The molecule has 1 aromatic rings. The maximum Gasteiger partial charge on any atom is 0.164 e. The minimum absolute atomic E-state index is 0.266. The van der Waals surface area contributed by atoms with Gasteiger partial charge in [-0.15, -0.1) is 0 Å². The molecule has 1 aliphatic rings. The maximum atomic E-state index is 11.4. The van der Waals surface area contributed by atoms with Gasteiger partial charge in [-0.05, 0) is 46.7 Å². The monoisotopic (exact) mass is 288 g/mol. The molecule has 13 heavy (non-hydrogen) atoms. The van der Waals surface area contributed by atoms with E-state index in [1.165, 1.54) is 0 Å². The lowest BCUT2D eigenvalue weighted by Gasteiger charge is -2.05. The number of carbonyl (C=O) groups is 1. The summed E-state index contributed by atoms with van der Waals surface area (Å²) in [6.07, 6.45) is 1.51. The third-order valence-corrected chi connectivity index (χ3v) is 3.13. The Morgan fingerprint density at radius 3 is 2.85 bits per heavy atom. The van der Waals surface area contributed by atoms with E-state index in [9.17, 15) is 4.79 Å². The molecule has 0 atom stereocenters. The van der Waals surface area contributed by atoms with Gasteiger partial charge >= 0.3 is 0 Å². The summed E-state index contributed by atoms with van der Waals surface area (Å²) in [5, 5.41) is 0. The van der Waals surface area contributed by atoms with Crippen molar-refractivity contribution in [1.82, 2.24) is 0 Å². The first-order valence-electron chi connectivity index (χ1n) is 4.12. The summed E-state index contributed by atoms with van der Waals surface area (Å²) in [5.74, 6) is 1.11. The van der Waals surface area contributed by atoms with Crippen molar-refractivity contribution in [3.05, 3.63) is 26.8 Å². The topological polar surface area (TPSA) is 26.3 Å². The maximum absolute atomic E-state index is 11.4. The number of hydrogen-bond acceptors (Lipinski definition) is 2. The number of benzene rings is 1. The van der Waals surface area contributed by atoms with Crippen LogP contribution >= 0.6 is 22.6 Å². The highest BCUT2D eigenvalue weighted by Crippen LogP contribution is 2.30. The van der Waals surface area contributed by atoms with Crippen LogP contribution in [0.1, 0.15) is 22.3 Å². The molecule has 2 rings (SSSR count). The van der Waals surface area contributed by atoms with Crippen molar-refractivity contribution < 1.29 is 9.53 Å². The van der Waals surface area contributed by atoms with Crippen molar-refractivity contribution in [3.8, 4) is 5.75 Å². The lowest BCUT2D eigenvalue weighted by molar-refractivity contribution is 0.0994. The minimum atomic E-state index is 0.266. The van der Waals surface area contributed by atoms with Gasteiger partial charge in [0.2, 0.25) is 0 Å². The zero-order valence-electron chi connectivity index (χ0n) is 7.26. The predicted molar refractivity (Wildman–Crippen MR) is 58.4 cm³/mol. The van der Waals surface area contributed by atoms with E-state index in [0.29, 0.717) is 6.42 Å². The summed E-state index contributed by atoms with van der Waals surface area (Å²) in [6.45, 7) is 0. The number of halogens is 1. The van der Waals surface area contributed by atoms with Crippen LogP contribution in [0.4, 0.5) is 0 Å². The Hall–Kier alpha value is -0.580. The van der Waals surface area contributed by atoms with Crippen LogP contribution in [0.15, 0.2) is 12.1 Å². The molecule has 0 spiro atoms. The van der Waals surface area contributed by atoms with Crippen LogP contribution in [-0.4, -0.2) is 12.9 Å². The Morgan fingerprint density at radius 2 is 2.15 bits per heavy atom. The number of aryl methyl sites for hydroxylation is 1. The number of carbonyl (C=O) groups excluding carboxylic acids is 1. The van der Waals surface area contributed by atoms with Gasteiger partial charge < -0.3 is 4.74 Å². The second-order valence-electron chi connectivity index (χ2n) is 3.07. The minimum Gasteiger partial charge on any atom is -0.497 e. The number of rotatable bonds is 1. The first kappa shape index (κ1) is 8.99. The van der Waals surface area contributed by atoms with Gasteiger partial charge in [-0.1, -0.05) is 0 Å². The van der Waals surface area contributed by atoms with E-state index in [1.54, 1.807) is 7.11 Å². The molecule has 0 bridgehead atoms. The Bertz CT molecular complexity index is 371. The zero-order valence-corrected chi connectivity index (χ0v) is 9.42. The second kappa shape index (κ2) is 3.29. The number of ketones is 1. The molecule has 0 radical (unpaired) electrons. The number of hydrogen-bond donors (Lipinski definition) is 0. The van der Waals surface area contributed by atoms with Gasteiger partial charge in [0.15, 0.2) is 5.78 Å². The number of Topliss-reactive ketones (excluding diaryl/α,β-unsaturated/α-hetero) is 1. The number of fused-ring (bicyclic) bond motifs is 1. The standard InChI is InChI=1S/C10H9IO2/c1-13-7-4-6-2-3-9(12)10(6)8(11)5-7/h4-5H,2-3H2,1H3. The molecule has 2 nitrogen and oxygen atoms in total. The van der Waals surface area contributed by atoms with E-state index in [2.05, 4.69) is 22.6 Å². The van der Waals surface area contributed by atoms with E-state index >= 15 is 0 Å². The van der Waals surface area contributed by atoms with E-state index in [-0.39, 0.29) is 5.78 Å². The molecule has 0 unspecified atom stereocenters. The SMILES string of the molecule is COc1cc(I)c2c(c1)CCC2=O. The Balaban J connectivity index is 2.59. The fourth-order valence-electron chi connectivity index (χ4n) is 1.64. The van der Waals surface area contributed by atoms with Crippen LogP contribution in [-0.2, 0) is 6.42 Å². The number of ether oxygens (including phenoxy) is 1. The molecule has 3 heteroatoms. The highest BCUT2D eigenvalue weighted by atomic mass is 127. The van der Waals surface area contributed by atoms with Crippen LogP contribution < -0.4 is 4.74 Å². The summed E-state index contributed by atoms with van der Waals surface area (Å²) >= 11 is 2.19. The molecule has 0 amide bonds. The summed E-state index contributed by atoms with van der Waals surface area (Å²) in [4.78, 5) is 11.4. The van der Waals surface area contributed by atoms with Gasteiger partial charge in [0.1, 0.15) is 5.75 Å². The van der Waals surface area contributed by atoms with Crippen LogP contribution in [0, 0.1) is 3.57 Å². The quantitative estimate of drug-likeness (QED) is 0.742. The molecular weight excluding hydrogens is 279 g/mol. The van der Waals surface area contributed by atoms with Gasteiger partial charge in [0, 0.05) is 15.6 Å². The number of methoxy groups -OCH3 is 1. The van der Waals surface area contributed by atoms with Gasteiger partial charge in [-0.25, -0.2) is 0 Å². The molecule has 0 N–H and O–H groups in total. The van der Waals surface area contributed by atoms with Crippen molar-refractivity contribution in [2.75, 3.05) is 7.11 Å². The molecule has 0 aromatic heterocycles. The average Bonchev–Trinajstić information content (AvgIpc) is 2.48. The normalized spacial score (nSPS) is 14.5. The van der Waals surface area contributed by atoms with E-state index in [4.69, 9.17) is 4.74 Å². The van der Waals surface area contributed by atoms with Gasteiger partial charge in [-0.3, -0.25) is 4.79 Å². The van der Waals surface area contributed by atoms with Crippen LogP contribution in [0.2, 0.25) is 0 Å². The predicted octanol–water partition coefficient (Wildman–Crippen LogP) is 2.43.